The van der Waals surface area contributed by atoms with Gasteiger partial charge in [0.05, 0.1) is 18.8 Å². The van der Waals surface area contributed by atoms with Gasteiger partial charge in [0.1, 0.15) is 0 Å². The summed E-state index contributed by atoms with van der Waals surface area (Å²) in [5.41, 5.74) is 3.75. The van der Waals surface area contributed by atoms with Crippen molar-refractivity contribution in [3.63, 3.8) is 0 Å². The van der Waals surface area contributed by atoms with E-state index in [0.29, 0.717) is 11.9 Å². The van der Waals surface area contributed by atoms with Crippen molar-refractivity contribution in [2.45, 2.75) is 11.8 Å². The third-order valence-electron chi connectivity index (χ3n) is 3.27. The topological polar surface area (TPSA) is 34.1 Å². The summed E-state index contributed by atoms with van der Waals surface area (Å²) in [5.74, 6) is 2.81. The van der Waals surface area contributed by atoms with Gasteiger partial charge in [-0.05, 0) is 23.3 Å². The first-order chi connectivity index (χ1) is 9.38. The maximum atomic E-state index is 5.29. The van der Waals surface area contributed by atoms with Gasteiger partial charge in [0, 0.05) is 17.7 Å². The fraction of sp³-hybridized carbons (Fsp3) is 0.267. The Balaban J connectivity index is 1.88. The summed E-state index contributed by atoms with van der Waals surface area (Å²) in [5, 5.41) is 3.55. The monoisotopic (exact) mass is 272 g/mol. The molecule has 0 fully saturated rings. The minimum Gasteiger partial charge on any atom is -0.480 e. The van der Waals surface area contributed by atoms with E-state index in [1.165, 1.54) is 11.1 Å². The Morgan fingerprint density at radius 1 is 1.26 bits per heavy atom. The van der Waals surface area contributed by atoms with Crippen LogP contribution in [0.1, 0.15) is 17.2 Å². The summed E-state index contributed by atoms with van der Waals surface area (Å²) >= 11 is 1.95. The van der Waals surface area contributed by atoms with E-state index in [0.717, 1.165) is 17.2 Å². The van der Waals surface area contributed by atoms with Gasteiger partial charge >= 0.3 is 0 Å². The molecule has 1 aliphatic heterocycles. The molecule has 2 heterocycles. The second-order valence-corrected chi connectivity index (χ2v) is 5.50. The summed E-state index contributed by atoms with van der Waals surface area (Å²) in [6, 6.07) is 12.9. The molecule has 3 rings (SSSR count). The number of pyridine rings is 1. The van der Waals surface area contributed by atoms with E-state index in [-0.39, 0.29) is 0 Å². The second-order valence-electron chi connectivity index (χ2n) is 4.47. The van der Waals surface area contributed by atoms with Gasteiger partial charge in [-0.25, -0.2) is 4.98 Å². The van der Waals surface area contributed by atoms with Crippen molar-refractivity contribution in [3.05, 3.63) is 53.7 Å². The number of rotatable bonds is 3. The number of anilines is 1. The van der Waals surface area contributed by atoms with Crippen molar-refractivity contribution in [2.75, 3.05) is 18.2 Å². The van der Waals surface area contributed by atoms with Crippen molar-refractivity contribution in [1.82, 2.24) is 4.98 Å². The zero-order valence-corrected chi connectivity index (χ0v) is 11.6. The molecule has 1 atom stereocenters. The van der Waals surface area contributed by atoms with Gasteiger partial charge in [-0.3, -0.25) is 0 Å². The Morgan fingerprint density at radius 2 is 2.16 bits per heavy atom. The molecule has 98 valence electrons. The van der Waals surface area contributed by atoms with Crippen LogP contribution < -0.4 is 10.1 Å². The molecule has 0 spiro atoms. The third kappa shape index (κ3) is 2.54. The van der Waals surface area contributed by atoms with Crippen LogP contribution >= 0.6 is 11.8 Å². The Labute approximate surface area is 117 Å². The maximum absolute atomic E-state index is 5.29. The first-order valence-corrected chi connectivity index (χ1v) is 7.45. The molecule has 1 aromatic heterocycles. The average molecular weight is 272 g/mol. The van der Waals surface area contributed by atoms with E-state index in [4.69, 9.17) is 4.74 Å². The fourth-order valence-corrected chi connectivity index (χ4v) is 3.45. The van der Waals surface area contributed by atoms with Gasteiger partial charge in [-0.15, -0.1) is 0 Å². The number of fused-ring (bicyclic) bond motifs is 1. The van der Waals surface area contributed by atoms with Crippen LogP contribution in [0.2, 0.25) is 0 Å². The number of methoxy groups -OCH3 is 1. The van der Waals surface area contributed by atoms with Crippen LogP contribution in [-0.2, 0) is 5.75 Å². The third-order valence-corrected chi connectivity index (χ3v) is 4.35. The van der Waals surface area contributed by atoms with Gasteiger partial charge in [0.15, 0.2) is 0 Å². The molecule has 1 aromatic carbocycles. The highest BCUT2D eigenvalue weighted by Gasteiger charge is 2.20. The first-order valence-electron chi connectivity index (χ1n) is 6.29. The van der Waals surface area contributed by atoms with Crippen molar-refractivity contribution in [2.24, 2.45) is 0 Å². The van der Waals surface area contributed by atoms with Crippen LogP contribution in [0.3, 0.4) is 0 Å². The molecule has 4 heteroatoms. The predicted octanol–water partition coefficient (Wildman–Crippen LogP) is 3.49. The Kier molecular flexibility index (Phi) is 3.60. The Hall–Kier alpha value is -1.68. The van der Waals surface area contributed by atoms with Crippen molar-refractivity contribution in [1.29, 1.82) is 0 Å². The summed E-state index contributed by atoms with van der Waals surface area (Å²) in [4.78, 5) is 4.23. The van der Waals surface area contributed by atoms with Crippen LogP contribution in [0.15, 0.2) is 42.6 Å². The zero-order valence-electron chi connectivity index (χ0n) is 10.8. The Bertz CT molecular complexity index is 574. The maximum Gasteiger partial charge on any atom is 0.237 e. The number of aromatic nitrogens is 1. The van der Waals surface area contributed by atoms with Crippen LogP contribution in [0.4, 0.5) is 5.69 Å². The number of benzene rings is 1. The van der Waals surface area contributed by atoms with E-state index in [9.17, 15) is 0 Å². The van der Waals surface area contributed by atoms with Gasteiger partial charge in [0.25, 0.3) is 0 Å². The molecular formula is C15H16N2OS. The molecule has 19 heavy (non-hydrogen) atoms. The predicted molar refractivity (Wildman–Crippen MR) is 79.8 cm³/mol. The minimum atomic E-state index is 0.313. The highest BCUT2D eigenvalue weighted by molar-refractivity contribution is 7.98. The molecule has 0 bridgehead atoms. The molecule has 1 aliphatic rings. The summed E-state index contributed by atoms with van der Waals surface area (Å²) in [6.07, 6.45) is 1.74. The number of hydrogen-bond acceptors (Lipinski definition) is 4. The van der Waals surface area contributed by atoms with Gasteiger partial charge < -0.3 is 10.1 Å². The molecule has 0 saturated carbocycles. The lowest BCUT2D eigenvalue weighted by atomic mass is 10.0. The fourth-order valence-electron chi connectivity index (χ4n) is 2.35. The molecular weight excluding hydrogens is 256 g/mol. The summed E-state index contributed by atoms with van der Waals surface area (Å²) < 4.78 is 5.29. The number of nitrogens with zero attached hydrogens (tertiary/aromatic N) is 1. The molecule has 0 aliphatic carbocycles. The number of hydrogen-bond donors (Lipinski definition) is 1. The van der Waals surface area contributed by atoms with E-state index < -0.39 is 0 Å². The number of thioether (sulfide) groups is 1. The zero-order chi connectivity index (χ0) is 13.1. The molecule has 0 radical (unpaired) electrons. The molecule has 0 amide bonds. The van der Waals surface area contributed by atoms with E-state index in [1.54, 1.807) is 13.3 Å². The minimum absolute atomic E-state index is 0.313. The molecule has 0 saturated heterocycles. The van der Waals surface area contributed by atoms with Crippen LogP contribution in [-0.4, -0.2) is 17.8 Å². The molecule has 1 N–H and O–H groups in total. The van der Waals surface area contributed by atoms with Gasteiger partial charge in [-0.2, -0.15) is 11.8 Å². The van der Waals surface area contributed by atoms with E-state index >= 15 is 0 Å². The van der Waals surface area contributed by atoms with Crippen LogP contribution in [0.5, 0.6) is 5.88 Å². The van der Waals surface area contributed by atoms with Crippen molar-refractivity contribution in [3.8, 4) is 5.88 Å². The molecule has 3 nitrogen and oxygen atoms in total. The standard InChI is InChI=1S/C15H16N2OS/c1-18-15-13(7-4-8-16-15)17-14-10-19-9-11-5-2-3-6-12(11)14/h2-8,14,17H,9-10H2,1H3. The molecule has 2 aromatic rings. The lowest BCUT2D eigenvalue weighted by Crippen LogP contribution is -2.19. The number of ether oxygens (including phenoxy) is 1. The van der Waals surface area contributed by atoms with Gasteiger partial charge in [-0.1, -0.05) is 24.3 Å². The van der Waals surface area contributed by atoms with Crippen molar-refractivity contribution >= 4 is 17.4 Å². The second kappa shape index (κ2) is 5.53. The smallest absolute Gasteiger partial charge is 0.237 e. The highest BCUT2D eigenvalue weighted by atomic mass is 32.2. The van der Waals surface area contributed by atoms with Gasteiger partial charge in [0.2, 0.25) is 5.88 Å². The largest absolute Gasteiger partial charge is 0.480 e. The highest BCUT2D eigenvalue weighted by Crippen LogP contribution is 2.35. The van der Waals surface area contributed by atoms with E-state index in [1.807, 2.05) is 23.9 Å². The quantitative estimate of drug-likeness (QED) is 0.927. The van der Waals surface area contributed by atoms with Crippen LogP contribution in [0, 0.1) is 0 Å². The Morgan fingerprint density at radius 3 is 3.05 bits per heavy atom. The lowest BCUT2D eigenvalue weighted by Gasteiger charge is -2.27. The first kappa shape index (κ1) is 12.4. The van der Waals surface area contributed by atoms with Crippen LogP contribution in [0.25, 0.3) is 0 Å². The SMILES string of the molecule is COc1ncccc1NC1CSCc2ccccc21. The lowest BCUT2D eigenvalue weighted by molar-refractivity contribution is 0.399. The van der Waals surface area contributed by atoms with Crippen molar-refractivity contribution < 1.29 is 4.74 Å². The van der Waals surface area contributed by atoms with E-state index in [2.05, 4.69) is 34.6 Å². The average Bonchev–Trinajstić information content (AvgIpc) is 2.48. The summed E-state index contributed by atoms with van der Waals surface area (Å²) in [6.45, 7) is 0. The normalized spacial score (nSPS) is 17.6. The molecule has 1 unspecified atom stereocenters. The summed E-state index contributed by atoms with van der Waals surface area (Å²) in [7, 11) is 1.65. The number of nitrogens with one attached hydrogen (secondary N) is 1.